The van der Waals surface area contributed by atoms with Crippen LogP contribution in [-0.4, -0.2) is 24.7 Å². The third kappa shape index (κ3) is 4.05. The van der Waals surface area contributed by atoms with Crippen molar-refractivity contribution >= 4 is 5.69 Å². The van der Waals surface area contributed by atoms with Gasteiger partial charge in [-0.1, -0.05) is 12.1 Å². The Kier molecular flexibility index (Phi) is 4.73. The van der Waals surface area contributed by atoms with Gasteiger partial charge in [-0.2, -0.15) is 0 Å². The predicted molar refractivity (Wildman–Crippen MR) is 56.7 cm³/mol. The lowest BCUT2D eigenvalue weighted by Crippen LogP contribution is -2.10. The Bertz CT molecular complexity index is 311. The van der Waals surface area contributed by atoms with E-state index in [1.807, 2.05) is 0 Å². The number of nitrogens with two attached hydrogens (primary N) is 1. The lowest BCUT2D eigenvalue weighted by Gasteiger charge is -2.02. The highest BCUT2D eigenvalue weighted by molar-refractivity contribution is 5.32. The minimum atomic E-state index is -0.408. The van der Waals surface area contributed by atoms with Crippen LogP contribution in [-0.2, 0) is 11.2 Å². The molecule has 0 aliphatic carbocycles. The molecule has 0 heterocycles. The van der Waals surface area contributed by atoms with Crippen LogP contribution in [0, 0.1) is 10.1 Å². The fourth-order valence-corrected chi connectivity index (χ4v) is 1.16. The molecule has 0 amide bonds. The van der Waals surface area contributed by atoms with Gasteiger partial charge in [-0.25, -0.2) is 0 Å². The van der Waals surface area contributed by atoms with Crippen LogP contribution >= 0.6 is 0 Å². The number of benzene rings is 1. The summed E-state index contributed by atoms with van der Waals surface area (Å²) in [6.45, 7) is 1.66. The average molecular weight is 210 g/mol. The van der Waals surface area contributed by atoms with Crippen LogP contribution in [0.25, 0.3) is 0 Å². The second-order valence-electron chi connectivity index (χ2n) is 3.07. The lowest BCUT2D eigenvalue weighted by molar-refractivity contribution is -0.384. The summed E-state index contributed by atoms with van der Waals surface area (Å²) in [7, 11) is 0. The van der Waals surface area contributed by atoms with Gasteiger partial charge >= 0.3 is 0 Å². The molecule has 0 aliphatic rings. The summed E-state index contributed by atoms with van der Waals surface area (Å²) in [5, 5.41) is 10.4. The highest BCUT2D eigenvalue weighted by Gasteiger charge is 2.03. The van der Waals surface area contributed by atoms with Gasteiger partial charge in [0, 0.05) is 18.7 Å². The molecule has 0 fully saturated rings. The molecule has 0 bridgehead atoms. The van der Waals surface area contributed by atoms with Gasteiger partial charge in [0.1, 0.15) is 0 Å². The first kappa shape index (κ1) is 11.6. The summed E-state index contributed by atoms with van der Waals surface area (Å²) in [6.07, 6.45) is 0.748. The summed E-state index contributed by atoms with van der Waals surface area (Å²) in [6, 6.07) is 6.48. The quantitative estimate of drug-likeness (QED) is 0.433. The van der Waals surface area contributed by atoms with E-state index in [1.165, 1.54) is 12.1 Å². The summed E-state index contributed by atoms with van der Waals surface area (Å²) in [5.41, 5.74) is 6.40. The molecule has 1 aromatic carbocycles. The SMILES string of the molecule is NCCOCCc1ccc([N+](=O)[O-])cc1. The van der Waals surface area contributed by atoms with Crippen molar-refractivity contribution in [3.8, 4) is 0 Å². The number of nitrogens with zero attached hydrogens (tertiary/aromatic N) is 1. The molecule has 0 saturated heterocycles. The van der Waals surface area contributed by atoms with Gasteiger partial charge < -0.3 is 10.5 Å². The number of nitro groups is 1. The van der Waals surface area contributed by atoms with Crippen molar-refractivity contribution in [3.05, 3.63) is 39.9 Å². The van der Waals surface area contributed by atoms with Gasteiger partial charge in [0.05, 0.1) is 18.1 Å². The topological polar surface area (TPSA) is 78.4 Å². The Hall–Kier alpha value is -1.46. The van der Waals surface area contributed by atoms with Gasteiger partial charge in [-0.05, 0) is 12.0 Å². The van der Waals surface area contributed by atoms with E-state index in [1.54, 1.807) is 12.1 Å². The first-order valence-corrected chi connectivity index (χ1v) is 4.75. The monoisotopic (exact) mass is 210 g/mol. The average Bonchev–Trinajstić information content (AvgIpc) is 2.25. The molecule has 82 valence electrons. The van der Waals surface area contributed by atoms with Gasteiger partial charge in [-0.15, -0.1) is 0 Å². The molecule has 0 aromatic heterocycles. The van der Waals surface area contributed by atoms with E-state index in [9.17, 15) is 10.1 Å². The molecule has 1 aromatic rings. The molecule has 0 unspecified atom stereocenters. The molecule has 0 atom stereocenters. The molecule has 0 spiro atoms. The van der Waals surface area contributed by atoms with E-state index in [2.05, 4.69) is 0 Å². The standard InChI is InChI=1S/C10H14N2O3/c11-6-8-15-7-5-9-1-3-10(4-2-9)12(13)14/h1-4H,5-8,11H2. The molecular formula is C10H14N2O3. The second kappa shape index (κ2) is 6.10. The summed E-state index contributed by atoms with van der Waals surface area (Å²) < 4.78 is 5.21. The molecule has 5 heteroatoms. The molecule has 0 radical (unpaired) electrons. The van der Waals surface area contributed by atoms with E-state index in [4.69, 9.17) is 10.5 Å². The zero-order valence-electron chi connectivity index (χ0n) is 8.39. The van der Waals surface area contributed by atoms with E-state index in [0.717, 1.165) is 12.0 Å². The van der Waals surface area contributed by atoms with Crippen LogP contribution in [0.3, 0.4) is 0 Å². The van der Waals surface area contributed by atoms with Crippen LogP contribution in [0.15, 0.2) is 24.3 Å². The molecule has 2 N–H and O–H groups in total. The smallest absolute Gasteiger partial charge is 0.269 e. The highest BCUT2D eigenvalue weighted by atomic mass is 16.6. The maximum atomic E-state index is 10.4. The van der Waals surface area contributed by atoms with Gasteiger partial charge in [0.25, 0.3) is 5.69 Å². The minimum absolute atomic E-state index is 0.113. The van der Waals surface area contributed by atoms with E-state index >= 15 is 0 Å². The first-order valence-electron chi connectivity index (χ1n) is 4.75. The number of rotatable bonds is 6. The number of hydrogen-bond donors (Lipinski definition) is 1. The van der Waals surface area contributed by atoms with Crippen LogP contribution in [0.5, 0.6) is 0 Å². The lowest BCUT2D eigenvalue weighted by atomic mass is 10.1. The summed E-state index contributed by atoms with van der Waals surface area (Å²) in [4.78, 5) is 9.97. The van der Waals surface area contributed by atoms with E-state index in [0.29, 0.717) is 19.8 Å². The number of ether oxygens (including phenoxy) is 1. The Labute approximate surface area is 88.0 Å². The zero-order valence-corrected chi connectivity index (χ0v) is 8.39. The normalized spacial score (nSPS) is 10.2. The second-order valence-corrected chi connectivity index (χ2v) is 3.07. The molecule has 5 nitrogen and oxygen atoms in total. The van der Waals surface area contributed by atoms with Gasteiger partial charge in [0.15, 0.2) is 0 Å². The highest BCUT2D eigenvalue weighted by Crippen LogP contribution is 2.12. The maximum absolute atomic E-state index is 10.4. The minimum Gasteiger partial charge on any atom is -0.380 e. The molecule has 0 aliphatic heterocycles. The van der Waals surface area contributed by atoms with E-state index in [-0.39, 0.29) is 5.69 Å². The number of hydrogen-bond acceptors (Lipinski definition) is 4. The molecule has 1 rings (SSSR count). The van der Waals surface area contributed by atoms with Crippen molar-refractivity contribution in [1.82, 2.24) is 0 Å². The molecule has 15 heavy (non-hydrogen) atoms. The summed E-state index contributed by atoms with van der Waals surface area (Å²) >= 11 is 0. The molecular weight excluding hydrogens is 196 g/mol. The fraction of sp³-hybridized carbons (Fsp3) is 0.400. The van der Waals surface area contributed by atoms with Crippen molar-refractivity contribution in [2.75, 3.05) is 19.8 Å². The van der Waals surface area contributed by atoms with Gasteiger partial charge in [-0.3, -0.25) is 10.1 Å². The third-order valence-electron chi connectivity index (χ3n) is 1.94. The predicted octanol–water partition coefficient (Wildman–Crippen LogP) is 1.11. The maximum Gasteiger partial charge on any atom is 0.269 e. The molecule has 0 saturated carbocycles. The Morgan fingerprint density at radius 1 is 1.27 bits per heavy atom. The summed E-state index contributed by atoms with van der Waals surface area (Å²) in [5.74, 6) is 0. The van der Waals surface area contributed by atoms with Crippen LogP contribution < -0.4 is 5.73 Å². The number of non-ortho nitro benzene ring substituents is 1. The Morgan fingerprint density at radius 3 is 2.47 bits per heavy atom. The fourth-order valence-electron chi connectivity index (χ4n) is 1.16. The van der Waals surface area contributed by atoms with Gasteiger partial charge in [0.2, 0.25) is 0 Å². The number of nitro benzene ring substituents is 1. The van der Waals surface area contributed by atoms with Crippen molar-refractivity contribution < 1.29 is 9.66 Å². The van der Waals surface area contributed by atoms with Crippen molar-refractivity contribution in [3.63, 3.8) is 0 Å². The van der Waals surface area contributed by atoms with Crippen LogP contribution in [0.2, 0.25) is 0 Å². The Morgan fingerprint density at radius 2 is 1.93 bits per heavy atom. The van der Waals surface area contributed by atoms with Crippen molar-refractivity contribution in [2.24, 2.45) is 5.73 Å². The van der Waals surface area contributed by atoms with Crippen LogP contribution in [0.1, 0.15) is 5.56 Å². The first-order chi connectivity index (χ1) is 7.24. The zero-order chi connectivity index (χ0) is 11.1. The third-order valence-corrected chi connectivity index (χ3v) is 1.94. The van der Waals surface area contributed by atoms with Crippen molar-refractivity contribution in [1.29, 1.82) is 0 Å². The largest absolute Gasteiger partial charge is 0.380 e. The van der Waals surface area contributed by atoms with E-state index < -0.39 is 4.92 Å². The Balaban J connectivity index is 2.39. The van der Waals surface area contributed by atoms with Crippen LogP contribution in [0.4, 0.5) is 5.69 Å². The van der Waals surface area contributed by atoms with Crippen molar-refractivity contribution in [2.45, 2.75) is 6.42 Å².